The van der Waals surface area contributed by atoms with Crippen molar-refractivity contribution in [2.75, 3.05) is 26.2 Å². The molecule has 1 aromatic heterocycles. The lowest BCUT2D eigenvalue weighted by atomic mass is 10.1. The molecule has 0 atom stereocenters. The summed E-state index contributed by atoms with van der Waals surface area (Å²) < 4.78 is 5.64. The summed E-state index contributed by atoms with van der Waals surface area (Å²) in [7, 11) is 0. The minimum Gasteiger partial charge on any atom is -0.476 e. The van der Waals surface area contributed by atoms with Gasteiger partial charge in [-0.05, 0) is 31.5 Å². The molecule has 1 aliphatic heterocycles. The van der Waals surface area contributed by atoms with Crippen molar-refractivity contribution < 1.29 is 4.74 Å². The molecule has 100 valence electrons. The van der Waals surface area contributed by atoms with Crippen LogP contribution in [0.5, 0.6) is 5.88 Å². The highest BCUT2D eigenvalue weighted by Gasteiger charge is 2.10. The van der Waals surface area contributed by atoms with E-state index < -0.39 is 0 Å². The zero-order valence-corrected chi connectivity index (χ0v) is 11.9. The number of alkyl halides is 1. The fraction of sp³-hybridized carbons (Fsp3) is 0.615. The monoisotopic (exact) mass is 288 g/mol. The van der Waals surface area contributed by atoms with Crippen molar-refractivity contribution in [3.63, 3.8) is 0 Å². The smallest absolute Gasteiger partial charge is 0.213 e. The Morgan fingerprint density at radius 2 is 2.06 bits per heavy atom. The zero-order chi connectivity index (χ0) is 12.8. The quantitative estimate of drug-likeness (QED) is 0.777. The number of piperidine rings is 1. The van der Waals surface area contributed by atoms with Gasteiger partial charge in [-0.2, -0.15) is 0 Å². The van der Waals surface area contributed by atoms with E-state index in [4.69, 9.17) is 27.9 Å². The van der Waals surface area contributed by atoms with E-state index in [2.05, 4.69) is 9.88 Å². The van der Waals surface area contributed by atoms with Crippen LogP contribution in [-0.2, 0) is 5.88 Å². The number of pyridine rings is 1. The standard InChI is InChI=1S/C13H18Cl2N2O/c14-9-11-8-13(16-10-12(11)15)18-7-6-17-4-2-1-3-5-17/h8,10H,1-7,9H2. The highest BCUT2D eigenvalue weighted by molar-refractivity contribution is 6.32. The summed E-state index contributed by atoms with van der Waals surface area (Å²) in [4.78, 5) is 6.57. The van der Waals surface area contributed by atoms with Crippen LogP contribution in [0.3, 0.4) is 0 Å². The molecule has 18 heavy (non-hydrogen) atoms. The van der Waals surface area contributed by atoms with Crippen LogP contribution in [-0.4, -0.2) is 36.1 Å². The minimum absolute atomic E-state index is 0.379. The maximum absolute atomic E-state index is 5.94. The van der Waals surface area contributed by atoms with Crippen LogP contribution in [0.2, 0.25) is 5.02 Å². The number of likely N-dealkylation sites (tertiary alicyclic amines) is 1. The van der Waals surface area contributed by atoms with Crippen LogP contribution in [0.25, 0.3) is 0 Å². The van der Waals surface area contributed by atoms with Gasteiger partial charge in [-0.3, -0.25) is 4.90 Å². The lowest BCUT2D eigenvalue weighted by Crippen LogP contribution is -2.33. The fourth-order valence-corrected chi connectivity index (χ4v) is 2.56. The third-order valence-corrected chi connectivity index (χ3v) is 3.79. The van der Waals surface area contributed by atoms with Gasteiger partial charge in [0.2, 0.25) is 5.88 Å². The largest absolute Gasteiger partial charge is 0.476 e. The number of aromatic nitrogens is 1. The molecule has 0 spiro atoms. The second kappa shape index (κ2) is 7.17. The Bertz CT molecular complexity index is 381. The van der Waals surface area contributed by atoms with E-state index in [-0.39, 0.29) is 0 Å². The van der Waals surface area contributed by atoms with E-state index in [1.54, 1.807) is 6.20 Å². The van der Waals surface area contributed by atoms with Crippen LogP contribution in [0.1, 0.15) is 24.8 Å². The highest BCUT2D eigenvalue weighted by Crippen LogP contribution is 2.20. The van der Waals surface area contributed by atoms with Crippen molar-refractivity contribution in [3.8, 4) is 5.88 Å². The third-order valence-electron chi connectivity index (χ3n) is 3.16. The number of hydrogen-bond donors (Lipinski definition) is 0. The van der Waals surface area contributed by atoms with Crippen LogP contribution < -0.4 is 4.74 Å². The van der Waals surface area contributed by atoms with E-state index in [1.807, 2.05) is 6.07 Å². The molecule has 1 saturated heterocycles. The van der Waals surface area contributed by atoms with Crippen molar-refractivity contribution >= 4 is 23.2 Å². The fourth-order valence-electron chi connectivity index (χ4n) is 2.10. The Balaban J connectivity index is 1.79. The Kier molecular flexibility index (Phi) is 5.54. The van der Waals surface area contributed by atoms with Gasteiger partial charge in [-0.15, -0.1) is 11.6 Å². The van der Waals surface area contributed by atoms with Crippen LogP contribution in [0.4, 0.5) is 0 Å². The third kappa shape index (κ3) is 4.01. The molecule has 2 rings (SSSR count). The summed E-state index contributed by atoms with van der Waals surface area (Å²) in [5, 5.41) is 0.591. The van der Waals surface area contributed by atoms with Gasteiger partial charge < -0.3 is 4.74 Å². The second-order valence-corrected chi connectivity index (χ2v) is 5.17. The Hall–Kier alpha value is -0.510. The van der Waals surface area contributed by atoms with Gasteiger partial charge >= 0.3 is 0 Å². The summed E-state index contributed by atoms with van der Waals surface area (Å²) in [6, 6.07) is 1.81. The molecule has 1 fully saturated rings. The first kappa shape index (κ1) is 13.9. The Labute approximate surface area is 118 Å². The van der Waals surface area contributed by atoms with Crippen molar-refractivity contribution in [1.82, 2.24) is 9.88 Å². The number of hydrogen-bond acceptors (Lipinski definition) is 3. The van der Waals surface area contributed by atoms with Gasteiger partial charge in [0.15, 0.2) is 0 Å². The van der Waals surface area contributed by atoms with Crippen molar-refractivity contribution in [3.05, 3.63) is 22.8 Å². The average molecular weight is 289 g/mol. The first-order valence-corrected chi connectivity index (χ1v) is 7.26. The van der Waals surface area contributed by atoms with Crippen molar-refractivity contribution in [2.24, 2.45) is 0 Å². The molecule has 0 N–H and O–H groups in total. The van der Waals surface area contributed by atoms with E-state index in [1.165, 1.54) is 32.4 Å². The van der Waals surface area contributed by atoms with Gasteiger partial charge in [-0.1, -0.05) is 18.0 Å². The van der Waals surface area contributed by atoms with E-state index in [0.29, 0.717) is 23.4 Å². The van der Waals surface area contributed by atoms with Gasteiger partial charge in [0.05, 0.1) is 5.02 Å². The maximum Gasteiger partial charge on any atom is 0.213 e. The lowest BCUT2D eigenvalue weighted by Gasteiger charge is -2.26. The van der Waals surface area contributed by atoms with Gasteiger partial charge in [0.25, 0.3) is 0 Å². The molecule has 1 aromatic rings. The van der Waals surface area contributed by atoms with Crippen LogP contribution in [0.15, 0.2) is 12.3 Å². The number of nitrogens with zero attached hydrogens (tertiary/aromatic N) is 2. The van der Waals surface area contributed by atoms with Crippen molar-refractivity contribution in [1.29, 1.82) is 0 Å². The maximum atomic E-state index is 5.94. The second-order valence-electron chi connectivity index (χ2n) is 4.50. The molecule has 0 bridgehead atoms. The topological polar surface area (TPSA) is 25.4 Å². The van der Waals surface area contributed by atoms with Crippen molar-refractivity contribution in [2.45, 2.75) is 25.1 Å². The number of rotatable bonds is 5. The summed E-state index contributed by atoms with van der Waals surface area (Å²) in [5.41, 5.74) is 0.862. The Morgan fingerprint density at radius 1 is 1.28 bits per heavy atom. The molecule has 0 unspecified atom stereocenters. The molecule has 2 heterocycles. The predicted octanol–water partition coefficient (Wildman–Crippen LogP) is 3.34. The molecule has 5 heteroatoms. The highest BCUT2D eigenvalue weighted by atomic mass is 35.5. The molecule has 3 nitrogen and oxygen atoms in total. The first-order valence-electron chi connectivity index (χ1n) is 6.35. The minimum atomic E-state index is 0.379. The normalized spacial score (nSPS) is 16.8. The SMILES string of the molecule is ClCc1cc(OCCN2CCCCC2)ncc1Cl. The summed E-state index contributed by atoms with van der Waals surface area (Å²) >= 11 is 11.7. The molecular weight excluding hydrogens is 271 g/mol. The Morgan fingerprint density at radius 3 is 2.78 bits per heavy atom. The van der Waals surface area contributed by atoms with Gasteiger partial charge in [0.1, 0.15) is 6.61 Å². The average Bonchev–Trinajstić information content (AvgIpc) is 2.42. The molecular formula is C13H18Cl2N2O. The van der Waals surface area contributed by atoms with E-state index in [0.717, 1.165) is 12.1 Å². The first-order chi connectivity index (χ1) is 8.79. The summed E-state index contributed by atoms with van der Waals surface area (Å²) in [5.74, 6) is 0.983. The molecule has 0 aromatic carbocycles. The van der Waals surface area contributed by atoms with Crippen LogP contribution in [0, 0.1) is 0 Å². The lowest BCUT2D eigenvalue weighted by molar-refractivity contribution is 0.180. The molecule has 0 amide bonds. The zero-order valence-electron chi connectivity index (χ0n) is 10.4. The van der Waals surface area contributed by atoms with Gasteiger partial charge in [0, 0.05) is 24.7 Å². The number of halogens is 2. The molecule has 0 saturated carbocycles. The van der Waals surface area contributed by atoms with E-state index >= 15 is 0 Å². The molecule has 0 aliphatic carbocycles. The molecule has 0 radical (unpaired) electrons. The summed E-state index contributed by atoms with van der Waals surface area (Å²) in [6.07, 6.45) is 5.55. The van der Waals surface area contributed by atoms with E-state index in [9.17, 15) is 0 Å². The van der Waals surface area contributed by atoms with Crippen LogP contribution >= 0.6 is 23.2 Å². The van der Waals surface area contributed by atoms with Gasteiger partial charge in [-0.25, -0.2) is 4.98 Å². The number of ether oxygens (including phenoxy) is 1. The predicted molar refractivity (Wildman–Crippen MR) is 74.6 cm³/mol. The molecule has 1 aliphatic rings. The summed E-state index contributed by atoms with van der Waals surface area (Å²) in [6.45, 7) is 3.99.